The number of fused-ring (bicyclic) bond motifs is 1. The van der Waals surface area contributed by atoms with E-state index in [1.807, 2.05) is 30.3 Å². The minimum atomic E-state index is -0.263. The zero-order valence-electron chi connectivity index (χ0n) is 7.81. The zero-order valence-corrected chi connectivity index (χ0v) is 7.81. The van der Waals surface area contributed by atoms with Gasteiger partial charge < -0.3 is 0 Å². The van der Waals surface area contributed by atoms with E-state index < -0.39 is 0 Å². The first-order valence-corrected chi connectivity index (χ1v) is 4.64. The predicted molar refractivity (Wildman–Crippen MR) is 55.3 cm³/mol. The molecule has 1 aromatic carbocycles. The molecule has 0 N–H and O–H groups in total. The Morgan fingerprint density at radius 1 is 0.933 bits per heavy atom. The van der Waals surface area contributed by atoms with Crippen molar-refractivity contribution in [3.63, 3.8) is 0 Å². The highest BCUT2D eigenvalue weighted by Crippen LogP contribution is 2.35. The fourth-order valence-corrected chi connectivity index (χ4v) is 1.83. The monoisotopic (exact) mass is 197 g/mol. The van der Waals surface area contributed by atoms with Crippen LogP contribution in [0.5, 0.6) is 0 Å². The Morgan fingerprint density at radius 2 is 1.60 bits per heavy atom. The van der Waals surface area contributed by atoms with Gasteiger partial charge in [0.25, 0.3) is 11.8 Å². The Balaban J connectivity index is 2.01. The van der Waals surface area contributed by atoms with Crippen LogP contribution in [0.15, 0.2) is 36.4 Å². The number of hydrogen-bond acceptors (Lipinski definition) is 2. The molecule has 3 heteroatoms. The van der Waals surface area contributed by atoms with E-state index in [0.29, 0.717) is 5.70 Å². The number of imide groups is 1. The molecule has 0 saturated carbocycles. The van der Waals surface area contributed by atoms with E-state index in [-0.39, 0.29) is 11.8 Å². The van der Waals surface area contributed by atoms with Crippen LogP contribution in [0.1, 0.15) is 11.1 Å². The van der Waals surface area contributed by atoms with Gasteiger partial charge in [0.2, 0.25) is 0 Å². The number of nitrogens with zero attached hydrogens (tertiary/aromatic N) is 1. The van der Waals surface area contributed by atoms with Crippen molar-refractivity contribution >= 4 is 23.6 Å². The van der Waals surface area contributed by atoms with E-state index in [9.17, 15) is 9.59 Å². The van der Waals surface area contributed by atoms with Gasteiger partial charge in [0.05, 0.1) is 5.70 Å². The summed E-state index contributed by atoms with van der Waals surface area (Å²) in [5, 5.41) is 0. The molecule has 2 aliphatic rings. The van der Waals surface area contributed by atoms with Crippen LogP contribution in [-0.4, -0.2) is 16.7 Å². The summed E-state index contributed by atoms with van der Waals surface area (Å²) in [5.41, 5.74) is 2.73. The van der Waals surface area contributed by atoms with E-state index in [4.69, 9.17) is 0 Å². The van der Waals surface area contributed by atoms with Crippen molar-refractivity contribution in [1.29, 1.82) is 0 Å². The van der Waals surface area contributed by atoms with Crippen LogP contribution in [0.2, 0.25) is 0 Å². The zero-order chi connectivity index (χ0) is 10.4. The average Bonchev–Trinajstić information content (AvgIpc) is 2.51. The van der Waals surface area contributed by atoms with Gasteiger partial charge in [-0.05, 0) is 11.6 Å². The van der Waals surface area contributed by atoms with E-state index in [2.05, 4.69) is 0 Å². The molecule has 0 spiro atoms. The smallest absolute Gasteiger partial charge is 0.258 e. The lowest BCUT2D eigenvalue weighted by molar-refractivity contribution is -0.132. The summed E-state index contributed by atoms with van der Waals surface area (Å²) < 4.78 is 0. The molecule has 0 radical (unpaired) electrons. The summed E-state index contributed by atoms with van der Waals surface area (Å²) in [6.45, 7) is 0. The van der Waals surface area contributed by atoms with Crippen molar-refractivity contribution in [3.8, 4) is 0 Å². The molecule has 2 amide bonds. The topological polar surface area (TPSA) is 37.4 Å². The molecule has 0 saturated heterocycles. The Kier molecular flexibility index (Phi) is 1.45. The van der Waals surface area contributed by atoms with E-state index in [1.54, 1.807) is 0 Å². The maximum Gasteiger partial charge on any atom is 0.258 e. The van der Waals surface area contributed by atoms with Crippen molar-refractivity contribution < 1.29 is 9.59 Å². The van der Waals surface area contributed by atoms with E-state index >= 15 is 0 Å². The lowest BCUT2D eigenvalue weighted by atomic mass is 9.93. The minimum absolute atomic E-state index is 0.263. The molecule has 0 atom stereocenters. The fourth-order valence-electron chi connectivity index (χ4n) is 1.83. The number of carbonyl (C=O) groups is 2. The van der Waals surface area contributed by atoms with Crippen molar-refractivity contribution in [2.75, 3.05) is 0 Å². The Morgan fingerprint density at radius 3 is 2.27 bits per heavy atom. The average molecular weight is 197 g/mol. The molecular formula is C12H7NO2. The van der Waals surface area contributed by atoms with Crippen LogP contribution >= 0.6 is 0 Å². The van der Waals surface area contributed by atoms with Gasteiger partial charge in [0.15, 0.2) is 0 Å². The fraction of sp³-hybridized carbons (Fsp3) is 0. The number of hydrogen-bond donors (Lipinski definition) is 0. The van der Waals surface area contributed by atoms with Gasteiger partial charge in [-0.3, -0.25) is 9.59 Å². The minimum Gasteiger partial charge on any atom is -0.269 e. The van der Waals surface area contributed by atoms with Crippen LogP contribution < -0.4 is 0 Å². The lowest BCUT2D eigenvalue weighted by Crippen LogP contribution is -2.30. The standard InChI is InChI=1S/C12H7NO2/c14-11-5-6-12(15)13(11)10-7-8-3-1-2-4-9(8)10/h1-7H. The van der Waals surface area contributed by atoms with Crippen molar-refractivity contribution in [1.82, 2.24) is 4.90 Å². The molecule has 0 fully saturated rings. The quantitative estimate of drug-likeness (QED) is 0.638. The Labute approximate surface area is 86.3 Å². The number of amides is 2. The molecule has 3 rings (SSSR count). The number of benzene rings is 1. The first-order valence-electron chi connectivity index (χ1n) is 4.64. The largest absolute Gasteiger partial charge is 0.269 e. The van der Waals surface area contributed by atoms with Crippen LogP contribution in [0, 0.1) is 0 Å². The van der Waals surface area contributed by atoms with Crippen molar-refractivity contribution in [3.05, 3.63) is 47.5 Å². The second kappa shape index (κ2) is 2.67. The van der Waals surface area contributed by atoms with Crippen molar-refractivity contribution in [2.45, 2.75) is 0 Å². The van der Waals surface area contributed by atoms with Gasteiger partial charge in [-0.2, -0.15) is 0 Å². The highest BCUT2D eigenvalue weighted by Gasteiger charge is 2.31. The maximum absolute atomic E-state index is 11.4. The van der Waals surface area contributed by atoms with Crippen LogP contribution in [0.3, 0.4) is 0 Å². The number of rotatable bonds is 1. The predicted octanol–water partition coefficient (Wildman–Crippen LogP) is 1.42. The second-order valence-electron chi connectivity index (χ2n) is 3.46. The molecular weight excluding hydrogens is 190 g/mol. The van der Waals surface area contributed by atoms with E-state index in [1.165, 1.54) is 17.1 Å². The Bertz CT molecular complexity index is 522. The second-order valence-corrected chi connectivity index (χ2v) is 3.46. The maximum atomic E-state index is 11.4. The molecule has 1 aliphatic carbocycles. The van der Waals surface area contributed by atoms with Crippen LogP contribution in [0.25, 0.3) is 11.8 Å². The summed E-state index contributed by atoms with van der Waals surface area (Å²) in [6.07, 6.45) is 4.44. The SMILES string of the molecule is O=C1C=CC(=O)N1C1=Cc2ccccc21. The molecule has 0 bridgehead atoms. The first kappa shape index (κ1) is 8.17. The third-order valence-corrected chi connectivity index (χ3v) is 2.58. The summed E-state index contributed by atoms with van der Waals surface area (Å²) in [5.74, 6) is -0.526. The summed E-state index contributed by atoms with van der Waals surface area (Å²) in [4.78, 5) is 24.0. The van der Waals surface area contributed by atoms with Crippen molar-refractivity contribution in [2.24, 2.45) is 0 Å². The van der Waals surface area contributed by atoms with Gasteiger partial charge in [-0.1, -0.05) is 24.3 Å². The third kappa shape index (κ3) is 1.00. The molecule has 3 nitrogen and oxygen atoms in total. The highest BCUT2D eigenvalue weighted by atomic mass is 16.2. The molecule has 0 aromatic heterocycles. The van der Waals surface area contributed by atoms with Crippen LogP contribution in [-0.2, 0) is 9.59 Å². The first-order chi connectivity index (χ1) is 7.27. The molecule has 1 aromatic rings. The van der Waals surface area contributed by atoms with Crippen LogP contribution in [0.4, 0.5) is 0 Å². The normalized spacial score (nSPS) is 17.6. The Hall–Kier alpha value is -2.16. The lowest BCUT2D eigenvalue weighted by Gasteiger charge is -2.26. The van der Waals surface area contributed by atoms with Gasteiger partial charge in [0.1, 0.15) is 0 Å². The molecule has 72 valence electrons. The number of carbonyl (C=O) groups excluding carboxylic acids is 2. The summed E-state index contributed by atoms with van der Waals surface area (Å²) in [7, 11) is 0. The molecule has 1 aliphatic heterocycles. The summed E-state index contributed by atoms with van der Waals surface area (Å²) >= 11 is 0. The highest BCUT2D eigenvalue weighted by molar-refractivity contribution is 6.21. The molecule has 1 heterocycles. The van der Waals surface area contributed by atoms with Gasteiger partial charge in [0, 0.05) is 17.7 Å². The van der Waals surface area contributed by atoms with Gasteiger partial charge >= 0.3 is 0 Å². The molecule has 15 heavy (non-hydrogen) atoms. The third-order valence-electron chi connectivity index (χ3n) is 2.58. The summed E-state index contributed by atoms with van der Waals surface area (Å²) in [6, 6.07) is 7.68. The van der Waals surface area contributed by atoms with Gasteiger partial charge in [-0.25, -0.2) is 4.90 Å². The van der Waals surface area contributed by atoms with Gasteiger partial charge in [-0.15, -0.1) is 0 Å². The molecule has 0 unspecified atom stereocenters. The van der Waals surface area contributed by atoms with E-state index in [0.717, 1.165) is 11.1 Å².